The maximum atomic E-state index is 12.8. The van der Waals surface area contributed by atoms with Crippen molar-refractivity contribution in [2.24, 2.45) is 0 Å². The van der Waals surface area contributed by atoms with Gasteiger partial charge in [0.15, 0.2) is 5.69 Å². The zero-order chi connectivity index (χ0) is 18.8. The number of hydrogen-bond donors (Lipinski definition) is 1. The number of nitrogens with zero attached hydrogens (tertiary/aromatic N) is 3. The first kappa shape index (κ1) is 17.7. The zero-order valence-corrected chi connectivity index (χ0v) is 14.8. The highest BCUT2D eigenvalue weighted by Gasteiger charge is 2.21. The second-order valence-electron chi connectivity index (χ2n) is 5.68. The predicted molar refractivity (Wildman–Crippen MR) is 96.5 cm³/mol. The molecule has 0 aliphatic rings. The highest BCUT2D eigenvalue weighted by Crippen LogP contribution is 2.26. The number of methoxy groups -OCH3 is 1. The second-order valence-corrected chi connectivity index (χ2v) is 6.11. The SMILES string of the molecule is COc1ccc(Cl)cc1CN(C)C(=O)c1n[nH]c2ccc([N+](=O)[O-])cc12. The lowest BCUT2D eigenvalue weighted by Gasteiger charge is -2.18. The average Bonchev–Trinajstić information content (AvgIpc) is 3.04. The summed E-state index contributed by atoms with van der Waals surface area (Å²) in [6, 6.07) is 9.36. The summed E-state index contributed by atoms with van der Waals surface area (Å²) in [5.74, 6) is 0.232. The Morgan fingerprint density at radius 3 is 2.81 bits per heavy atom. The fraction of sp³-hybridized carbons (Fsp3) is 0.176. The highest BCUT2D eigenvalue weighted by atomic mass is 35.5. The highest BCUT2D eigenvalue weighted by molar-refractivity contribution is 6.30. The Hall–Kier alpha value is -3.13. The second kappa shape index (κ2) is 7.01. The molecule has 0 bridgehead atoms. The van der Waals surface area contributed by atoms with Crippen LogP contribution in [0.3, 0.4) is 0 Å². The topological polar surface area (TPSA) is 101 Å². The normalized spacial score (nSPS) is 10.7. The van der Waals surface area contributed by atoms with Gasteiger partial charge in [-0.1, -0.05) is 11.6 Å². The molecule has 26 heavy (non-hydrogen) atoms. The first-order chi connectivity index (χ1) is 12.4. The van der Waals surface area contributed by atoms with Crippen molar-refractivity contribution in [2.75, 3.05) is 14.2 Å². The van der Waals surface area contributed by atoms with Gasteiger partial charge in [-0.05, 0) is 24.3 Å². The number of hydrogen-bond acceptors (Lipinski definition) is 5. The van der Waals surface area contributed by atoms with Crippen molar-refractivity contribution in [2.45, 2.75) is 6.54 Å². The molecule has 0 saturated carbocycles. The number of nitro benzene ring substituents is 1. The van der Waals surface area contributed by atoms with E-state index < -0.39 is 4.92 Å². The molecule has 0 fully saturated rings. The van der Waals surface area contributed by atoms with Crippen LogP contribution in [0.25, 0.3) is 10.9 Å². The number of fused-ring (bicyclic) bond motifs is 1. The number of carbonyl (C=O) groups excluding carboxylic acids is 1. The molecule has 3 aromatic rings. The number of aromatic nitrogens is 2. The van der Waals surface area contributed by atoms with Gasteiger partial charge in [-0.3, -0.25) is 20.0 Å². The van der Waals surface area contributed by atoms with Crippen molar-refractivity contribution in [3.8, 4) is 5.75 Å². The molecular weight excluding hydrogens is 360 g/mol. The van der Waals surface area contributed by atoms with Gasteiger partial charge in [-0.25, -0.2) is 0 Å². The lowest BCUT2D eigenvalue weighted by molar-refractivity contribution is -0.384. The van der Waals surface area contributed by atoms with Crippen molar-refractivity contribution in [1.82, 2.24) is 15.1 Å². The van der Waals surface area contributed by atoms with E-state index in [1.54, 1.807) is 25.2 Å². The molecule has 0 atom stereocenters. The van der Waals surface area contributed by atoms with Crippen LogP contribution in [0.4, 0.5) is 5.69 Å². The van der Waals surface area contributed by atoms with Crippen molar-refractivity contribution in [3.05, 3.63) is 62.8 Å². The van der Waals surface area contributed by atoms with E-state index in [1.165, 1.54) is 30.2 Å². The Kier molecular flexibility index (Phi) is 4.77. The van der Waals surface area contributed by atoms with Crippen LogP contribution in [-0.2, 0) is 6.54 Å². The predicted octanol–water partition coefficient (Wildman–Crippen LogP) is 3.41. The molecule has 3 rings (SSSR count). The van der Waals surface area contributed by atoms with E-state index in [9.17, 15) is 14.9 Å². The van der Waals surface area contributed by atoms with Crippen LogP contribution in [0.15, 0.2) is 36.4 Å². The lowest BCUT2D eigenvalue weighted by Crippen LogP contribution is -2.27. The monoisotopic (exact) mass is 374 g/mol. The van der Waals surface area contributed by atoms with Crippen LogP contribution in [-0.4, -0.2) is 40.1 Å². The molecule has 0 saturated heterocycles. The smallest absolute Gasteiger partial charge is 0.275 e. The van der Waals surface area contributed by atoms with Gasteiger partial charge in [0.05, 0.1) is 17.5 Å². The number of carbonyl (C=O) groups is 1. The van der Waals surface area contributed by atoms with Gasteiger partial charge < -0.3 is 9.64 Å². The van der Waals surface area contributed by atoms with E-state index in [1.807, 2.05) is 0 Å². The molecule has 1 N–H and O–H groups in total. The maximum absolute atomic E-state index is 12.8. The number of benzene rings is 2. The third-order valence-corrected chi connectivity index (χ3v) is 4.19. The van der Waals surface area contributed by atoms with Crippen molar-refractivity contribution in [1.29, 1.82) is 0 Å². The maximum Gasteiger partial charge on any atom is 0.275 e. The van der Waals surface area contributed by atoms with Gasteiger partial charge >= 0.3 is 0 Å². The lowest BCUT2D eigenvalue weighted by atomic mass is 10.1. The molecule has 134 valence electrons. The Bertz CT molecular complexity index is 1000. The van der Waals surface area contributed by atoms with Crippen LogP contribution in [0.2, 0.25) is 5.02 Å². The summed E-state index contributed by atoms with van der Waals surface area (Å²) < 4.78 is 5.29. The zero-order valence-electron chi connectivity index (χ0n) is 14.0. The van der Waals surface area contributed by atoms with Crippen LogP contribution in [0, 0.1) is 10.1 Å². The summed E-state index contributed by atoms with van der Waals surface area (Å²) in [7, 11) is 3.15. The molecule has 0 aliphatic carbocycles. The minimum Gasteiger partial charge on any atom is -0.496 e. The third kappa shape index (κ3) is 3.31. The van der Waals surface area contributed by atoms with Gasteiger partial charge in [0.1, 0.15) is 5.75 Å². The number of amides is 1. The van der Waals surface area contributed by atoms with E-state index in [0.717, 1.165) is 5.56 Å². The van der Waals surface area contributed by atoms with Gasteiger partial charge in [0.25, 0.3) is 11.6 Å². The van der Waals surface area contributed by atoms with E-state index in [0.29, 0.717) is 21.7 Å². The van der Waals surface area contributed by atoms with E-state index in [4.69, 9.17) is 16.3 Å². The van der Waals surface area contributed by atoms with Crippen LogP contribution >= 0.6 is 11.6 Å². The number of aromatic amines is 1. The van der Waals surface area contributed by atoms with E-state index in [2.05, 4.69) is 10.2 Å². The third-order valence-electron chi connectivity index (χ3n) is 3.96. The van der Waals surface area contributed by atoms with Gasteiger partial charge in [-0.15, -0.1) is 0 Å². The molecule has 8 nitrogen and oxygen atoms in total. The minimum absolute atomic E-state index is 0.105. The van der Waals surface area contributed by atoms with Crippen molar-refractivity contribution >= 4 is 34.1 Å². The summed E-state index contributed by atoms with van der Waals surface area (Å²) in [5, 5.41) is 18.6. The molecule has 1 aromatic heterocycles. The Balaban J connectivity index is 1.92. The standard InChI is InChI=1S/C17H15ClN4O4/c1-21(9-10-7-11(18)3-6-15(10)26-2)17(23)16-13-8-12(22(24)25)4-5-14(13)19-20-16/h3-8H,9H2,1-2H3,(H,19,20). The molecule has 1 amide bonds. The molecular formula is C17H15ClN4O4. The summed E-state index contributed by atoms with van der Waals surface area (Å²) in [5.41, 5.74) is 1.30. The van der Waals surface area contributed by atoms with Gasteiger partial charge in [-0.2, -0.15) is 5.10 Å². The van der Waals surface area contributed by atoms with Gasteiger partial charge in [0.2, 0.25) is 0 Å². The Morgan fingerprint density at radius 1 is 1.35 bits per heavy atom. The molecule has 0 unspecified atom stereocenters. The van der Waals surface area contributed by atoms with Crippen LogP contribution < -0.4 is 4.74 Å². The van der Waals surface area contributed by atoms with E-state index >= 15 is 0 Å². The fourth-order valence-corrected chi connectivity index (χ4v) is 2.85. The van der Waals surface area contributed by atoms with Crippen molar-refractivity contribution < 1.29 is 14.5 Å². The van der Waals surface area contributed by atoms with Crippen molar-refractivity contribution in [3.63, 3.8) is 0 Å². The summed E-state index contributed by atoms with van der Waals surface area (Å²) in [4.78, 5) is 24.7. The number of rotatable bonds is 5. The number of H-pyrrole nitrogens is 1. The molecule has 0 spiro atoms. The van der Waals surface area contributed by atoms with E-state index in [-0.39, 0.29) is 23.8 Å². The largest absolute Gasteiger partial charge is 0.496 e. The summed E-state index contributed by atoms with van der Waals surface area (Å²) in [6.45, 7) is 0.242. The average molecular weight is 375 g/mol. The molecule has 9 heteroatoms. The number of nitrogens with one attached hydrogen (secondary N) is 1. The summed E-state index contributed by atoms with van der Waals surface area (Å²) >= 11 is 6.02. The number of halogens is 1. The summed E-state index contributed by atoms with van der Waals surface area (Å²) in [6.07, 6.45) is 0. The fourth-order valence-electron chi connectivity index (χ4n) is 2.66. The van der Waals surface area contributed by atoms with Crippen LogP contribution in [0.5, 0.6) is 5.75 Å². The molecule has 0 radical (unpaired) electrons. The first-order valence-corrected chi connectivity index (χ1v) is 7.99. The molecule has 2 aromatic carbocycles. The minimum atomic E-state index is -0.513. The molecule has 0 aliphatic heterocycles. The number of nitro groups is 1. The quantitative estimate of drug-likeness (QED) is 0.544. The van der Waals surface area contributed by atoms with Crippen LogP contribution in [0.1, 0.15) is 16.1 Å². The molecule has 1 heterocycles. The Labute approximate surface area is 153 Å². The number of non-ortho nitro benzene ring substituents is 1. The Morgan fingerprint density at radius 2 is 2.12 bits per heavy atom. The van der Waals surface area contributed by atoms with Gasteiger partial charge in [0, 0.05) is 41.7 Å². The first-order valence-electron chi connectivity index (χ1n) is 7.61. The number of ether oxygens (including phenoxy) is 1.